The molecule has 0 aliphatic carbocycles. The molecule has 0 bridgehead atoms. The maximum absolute atomic E-state index is 10.1. The fourth-order valence-electron chi connectivity index (χ4n) is 1.87. The number of hydrogen-bond donors (Lipinski definition) is 2. The molecule has 0 radical (unpaired) electrons. The predicted octanol–water partition coefficient (Wildman–Crippen LogP) is 2.09. The second kappa shape index (κ2) is 6.77. The number of pyridine rings is 1. The van der Waals surface area contributed by atoms with E-state index in [4.69, 9.17) is 9.47 Å². The zero-order valence-electron chi connectivity index (χ0n) is 11.6. The van der Waals surface area contributed by atoms with Crippen molar-refractivity contribution in [3.05, 3.63) is 47.8 Å². The van der Waals surface area contributed by atoms with Crippen molar-refractivity contribution < 1.29 is 14.6 Å². The van der Waals surface area contributed by atoms with Gasteiger partial charge in [-0.2, -0.15) is 0 Å². The van der Waals surface area contributed by atoms with Gasteiger partial charge in [-0.1, -0.05) is 6.07 Å². The number of hydrogen-bond acceptors (Lipinski definition) is 5. The van der Waals surface area contributed by atoms with Crippen molar-refractivity contribution in [1.82, 2.24) is 10.3 Å². The Bertz CT molecular complexity index is 559. The van der Waals surface area contributed by atoms with Crippen LogP contribution in [0.15, 0.2) is 36.5 Å². The zero-order valence-corrected chi connectivity index (χ0v) is 11.6. The van der Waals surface area contributed by atoms with Crippen LogP contribution in [-0.4, -0.2) is 24.3 Å². The molecule has 1 heterocycles. The van der Waals surface area contributed by atoms with Crippen LogP contribution >= 0.6 is 0 Å². The number of rotatable bonds is 6. The van der Waals surface area contributed by atoms with E-state index in [1.165, 1.54) is 7.11 Å². The largest absolute Gasteiger partial charge is 0.504 e. The van der Waals surface area contributed by atoms with E-state index in [9.17, 15) is 5.11 Å². The van der Waals surface area contributed by atoms with Gasteiger partial charge in [0, 0.05) is 30.9 Å². The number of phenols is 1. The van der Waals surface area contributed by atoms with Crippen LogP contribution in [-0.2, 0) is 13.1 Å². The van der Waals surface area contributed by atoms with E-state index < -0.39 is 0 Å². The molecule has 0 unspecified atom stereocenters. The van der Waals surface area contributed by atoms with Crippen LogP contribution in [0.5, 0.6) is 17.2 Å². The predicted molar refractivity (Wildman–Crippen MR) is 76.0 cm³/mol. The second-order valence-corrected chi connectivity index (χ2v) is 4.26. The third-order valence-corrected chi connectivity index (χ3v) is 2.93. The third kappa shape index (κ3) is 3.39. The van der Waals surface area contributed by atoms with Gasteiger partial charge >= 0.3 is 0 Å². The van der Waals surface area contributed by atoms with E-state index in [-0.39, 0.29) is 5.75 Å². The van der Waals surface area contributed by atoms with Gasteiger partial charge in [0.1, 0.15) is 5.75 Å². The molecule has 0 amide bonds. The number of nitrogens with one attached hydrogen (secondary N) is 1. The Balaban J connectivity index is 2.05. The van der Waals surface area contributed by atoms with Crippen LogP contribution in [0.1, 0.15) is 11.3 Å². The molecule has 2 N–H and O–H groups in total. The van der Waals surface area contributed by atoms with Crippen molar-refractivity contribution in [1.29, 1.82) is 0 Å². The molecule has 0 saturated heterocycles. The summed E-state index contributed by atoms with van der Waals surface area (Å²) in [5, 5.41) is 13.3. The zero-order chi connectivity index (χ0) is 14.4. The molecule has 1 aromatic carbocycles. The molecule has 0 aliphatic heterocycles. The molecule has 2 aromatic rings. The molecule has 0 saturated carbocycles. The average molecular weight is 274 g/mol. The number of ether oxygens (including phenoxy) is 2. The fraction of sp³-hybridized carbons (Fsp3) is 0.267. The third-order valence-electron chi connectivity index (χ3n) is 2.93. The van der Waals surface area contributed by atoms with Crippen LogP contribution in [0, 0.1) is 0 Å². The van der Waals surface area contributed by atoms with E-state index in [2.05, 4.69) is 10.3 Å². The molecule has 1 aromatic heterocycles. The molecule has 5 nitrogen and oxygen atoms in total. The first kappa shape index (κ1) is 14.1. The van der Waals surface area contributed by atoms with Crippen LogP contribution in [0.2, 0.25) is 0 Å². The highest BCUT2D eigenvalue weighted by Gasteiger charge is 2.10. The molecular weight excluding hydrogens is 256 g/mol. The standard InChI is InChI=1S/C15H18N2O3/c1-19-13-7-11(15(18)14(8-13)20-2)9-16-10-12-5-3-4-6-17-12/h3-8,16,18H,9-10H2,1-2H3. The first-order valence-corrected chi connectivity index (χ1v) is 6.29. The Kier molecular flexibility index (Phi) is 4.79. The van der Waals surface area contributed by atoms with Crippen LogP contribution in [0.3, 0.4) is 0 Å². The lowest BCUT2D eigenvalue weighted by atomic mass is 10.1. The Morgan fingerprint density at radius 1 is 1.15 bits per heavy atom. The molecule has 5 heteroatoms. The highest BCUT2D eigenvalue weighted by atomic mass is 16.5. The molecule has 0 spiro atoms. The van der Waals surface area contributed by atoms with Gasteiger partial charge in [-0.25, -0.2) is 0 Å². The highest BCUT2D eigenvalue weighted by molar-refractivity contribution is 5.50. The summed E-state index contributed by atoms with van der Waals surface area (Å²) >= 11 is 0. The van der Waals surface area contributed by atoms with Gasteiger partial charge < -0.3 is 19.9 Å². The monoisotopic (exact) mass is 274 g/mol. The molecule has 0 fully saturated rings. The average Bonchev–Trinajstić information content (AvgIpc) is 2.50. The van der Waals surface area contributed by atoms with Gasteiger partial charge in [-0.15, -0.1) is 0 Å². The van der Waals surface area contributed by atoms with Crippen molar-refractivity contribution >= 4 is 0 Å². The lowest BCUT2D eigenvalue weighted by Crippen LogP contribution is -2.13. The lowest BCUT2D eigenvalue weighted by Gasteiger charge is -2.12. The number of methoxy groups -OCH3 is 2. The van der Waals surface area contributed by atoms with Crippen molar-refractivity contribution in [2.75, 3.05) is 14.2 Å². The summed E-state index contributed by atoms with van der Waals surface area (Å²) in [5.41, 5.74) is 1.67. The maximum Gasteiger partial charge on any atom is 0.164 e. The van der Waals surface area contributed by atoms with Gasteiger partial charge in [0.25, 0.3) is 0 Å². The summed E-state index contributed by atoms with van der Waals surface area (Å²) in [4.78, 5) is 4.23. The van der Waals surface area contributed by atoms with E-state index in [1.807, 2.05) is 18.2 Å². The minimum Gasteiger partial charge on any atom is -0.504 e. The van der Waals surface area contributed by atoms with Crippen LogP contribution in [0.4, 0.5) is 0 Å². The quantitative estimate of drug-likeness (QED) is 0.844. The molecule has 106 valence electrons. The molecular formula is C15H18N2O3. The van der Waals surface area contributed by atoms with Crippen molar-refractivity contribution in [2.24, 2.45) is 0 Å². The van der Waals surface area contributed by atoms with Gasteiger partial charge in [0.05, 0.1) is 19.9 Å². The second-order valence-electron chi connectivity index (χ2n) is 4.26. The summed E-state index contributed by atoms with van der Waals surface area (Å²) in [6.45, 7) is 1.12. The Morgan fingerprint density at radius 3 is 2.65 bits per heavy atom. The lowest BCUT2D eigenvalue weighted by molar-refractivity contribution is 0.360. The van der Waals surface area contributed by atoms with E-state index in [0.29, 0.717) is 24.6 Å². The minimum atomic E-state index is 0.127. The Hall–Kier alpha value is -2.27. The van der Waals surface area contributed by atoms with Gasteiger partial charge in [-0.05, 0) is 18.2 Å². The van der Waals surface area contributed by atoms with E-state index in [0.717, 1.165) is 11.3 Å². The van der Waals surface area contributed by atoms with Crippen molar-refractivity contribution in [2.45, 2.75) is 13.1 Å². The minimum absolute atomic E-state index is 0.127. The van der Waals surface area contributed by atoms with Crippen molar-refractivity contribution in [3.63, 3.8) is 0 Å². The normalized spacial score (nSPS) is 10.3. The smallest absolute Gasteiger partial charge is 0.164 e. The molecule has 20 heavy (non-hydrogen) atoms. The van der Waals surface area contributed by atoms with Crippen LogP contribution < -0.4 is 14.8 Å². The Labute approximate surface area is 118 Å². The van der Waals surface area contributed by atoms with Gasteiger partial charge in [0.15, 0.2) is 11.5 Å². The summed E-state index contributed by atoms with van der Waals surface area (Å²) < 4.78 is 10.3. The van der Waals surface area contributed by atoms with Crippen molar-refractivity contribution in [3.8, 4) is 17.2 Å². The fourth-order valence-corrected chi connectivity index (χ4v) is 1.87. The summed E-state index contributed by atoms with van der Waals surface area (Å²) in [7, 11) is 3.09. The molecule has 0 aliphatic rings. The van der Waals surface area contributed by atoms with Crippen LogP contribution in [0.25, 0.3) is 0 Å². The van der Waals surface area contributed by atoms with E-state index in [1.54, 1.807) is 25.4 Å². The maximum atomic E-state index is 10.1. The first-order chi connectivity index (χ1) is 9.74. The number of nitrogens with zero attached hydrogens (tertiary/aromatic N) is 1. The summed E-state index contributed by atoms with van der Waals surface area (Å²) in [6.07, 6.45) is 1.75. The number of aromatic nitrogens is 1. The summed E-state index contributed by atoms with van der Waals surface area (Å²) in [6, 6.07) is 9.19. The SMILES string of the molecule is COc1cc(CNCc2ccccn2)c(O)c(OC)c1. The number of aromatic hydroxyl groups is 1. The molecule has 0 atom stereocenters. The van der Waals surface area contributed by atoms with Gasteiger partial charge in [0.2, 0.25) is 0 Å². The van der Waals surface area contributed by atoms with Gasteiger partial charge in [-0.3, -0.25) is 4.98 Å². The topological polar surface area (TPSA) is 63.6 Å². The number of phenolic OH excluding ortho intramolecular Hbond substituents is 1. The summed E-state index contributed by atoms with van der Waals surface area (Å²) in [5.74, 6) is 1.18. The highest BCUT2D eigenvalue weighted by Crippen LogP contribution is 2.34. The molecule has 2 rings (SSSR count). The Morgan fingerprint density at radius 2 is 2.00 bits per heavy atom. The number of benzene rings is 1. The van der Waals surface area contributed by atoms with E-state index >= 15 is 0 Å². The first-order valence-electron chi connectivity index (χ1n) is 6.29.